The van der Waals surface area contributed by atoms with Crippen LogP contribution in [-0.2, 0) is 31.7 Å². The average molecular weight is 399 g/mol. The summed E-state index contributed by atoms with van der Waals surface area (Å²) in [4.78, 5) is 0. The fraction of sp³-hybridized carbons (Fsp3) is 0.556. The van der Waals surface area contributed by atoms with Crippen LogP contribution in [0.4, 0.5) is 4.20 Å². The highest BCUT2D eigenvalue weighted by molar-refractivity contribution is 7.53. The Balaban J connectivity index is 1.64. The predicted octanol–water partition coefficient (Wildman–Crippen LogP) is 3.68. The van der Waals surface area contributed by atoms with Gasteiger partial charge in [-0.05, 0) is 26.3 Å². The van der Waals surface area contributed by atoms with Gasteiger partial charge in [0.15, 0.2) is 0 Å². The second kappa shape index (κ2) is 10.7. The standard InChI is InChI=1S/C18H27FN3O4P/c1-4-26-27(19,23)8-7-24-5-6-25-14-18-13-22(21-20-18)12-17-10-15(2)9-16(3)11-17/h9-11,13H,4-8,12,14H2,1-3H3. The maximum atomic E-state index is 13.3. The summed E-state index contributed by atoms with van der Waals surface area (Å²) in [7, 11) is -4.02. The number of hydrogen-bond acceptors (Lipinski definition) is 6. The first-order valence-electron chi connectivity index (χ1n) is 8.93. The summed E-state index contributed by atoms with van der Waals surface area (Å²) in [6.07, 6.45) is 1.60. The molecule has 1 aromatic heterocycles. The third-order valence-electron chi connectivity index (χ3n) is 3.66. The van der Waals surface area contributed by atoms with Crippen LogP contribution in [0.15, 0.2) is 24.4 Å². The van der Waals surface area contributed by atoms with Crippen LogP contribution in [0.1, 0.15) is 29.3 Å². The molecule has 0 N–H and O–H groups in total. The molecule has 0 aliphatic carbocycles. The average Bonchev–Trinajstić information content (AvgIpc) is 3.00. The van der Waals surface area contributed by atoms with Gasteiger partial charge in [0.05, 0.1) is 51.9 Å². The molecule has 0 bridgehead atoms. The maximum Gasteiger partial charge on any atom is 0.369 e. The van der Waals surface area contributed by atoms with E-state index in [0.717, 1.165) is 5.69 Å². The van der Waals surface area contributed by atoms with Crippen LogP contribution in [0.2, 0.25) is 0 Å². The lowest BCUT2D eigenvalue weighted by molar-refractivity contribution is 0.0438. The van der Waals surface area contributed by atoms with Gasteiger partial charge in [0.25, 0.3) is 0 Å². The van der Waals surface area contributed by atoms with E-state index in [0.29, 0.717) is 19.8 Å². The molecule has 9 heteroatoms. The van der Waals surface area contributed by atoms with Crippen molar-refractivity contribution in [3.05, 3.63) is 46.8 Å². The van der Waals surface area contributed by atoms with E-state index in [2.05, 4.69) is 46.9 Å². The molecule has 2 aromatic rings. The van der Waals surface area contributed by atoms with Gasteiger partial charge < -0.3 is 14.0 Å². The first-order valence-corrected chi connectivity index (χ1v) is 10.6. The highest BCUT2D eigenvalue weighted by Gasteiger charge is 2.20. The smallest absolute Gasteiger partial charge is 0.369 e. The van der Waals surface area contributed by atoms with Crippen molar-refractivity contribution in [1.82, 2.24) is 15.0 Å². The van der Waals surface area contributed by atoms with Gasteiger partial charge in [-0.1, -0.05) is 34.5 Å². The van der Waals surface area contributed by atoms with E-state index in [1.165, 1.54) is 16.7 Å². The maximum absolute atomic E-state index is 13.3. The van der Waals surface area contributed by atoms with E-state index in [1.54, 1.807) is 11.6 Å². The fourth-order valence-corrected chi connectivity index (χ4v) is 3.52. The first kappa shape index (κ1) is 21.7. The lowest BCUT2D eigenvalue weighted by atomic mass is 10.1. The molecule has 2 rings (SSSR count). The van der Waals surface area contributed by atoms with Crippen molar-refractivity contribution in [3.8, 4) is 0 Å². The van der Waals surface area contributed by atoms with E-state index in [1.807, 2.05) is 6.20 Å². The molecule has 0 spiro atoms. The van der Waals surface area contributed by atoms with Crippen molar-refractivity contribution >= 4 is 7.68 Å². The second-order valence-corrected chi connectivity index (χ2v) is 8.19. The fourth-order valence-electron chi connectivity index (χ4n) is 2.66. The summed E-state index contributed by atoms with van der Waals surface area (Å²) in [5.41, 5.74) is 4.34. The molecule has 0 fully saturated rings. The molecule has 0 radical (unpaired) electrons. The number of hydrogen-bond donors (Lipinski definition) is 0. The largest absolute Gasteiger partial charge is 0.378 e. The summed E-state index contributed by atoms with van der Waals surface area (Å²) in [6.45, 7) is 7.44. The Bertz CT molecular complexity index is 749. The molecule has 1 unspecified atom stereocenters. The molecule has 0 saturated heterocycles. The highest BCUT2D eigenvalue weighted by atomic mass is 31.2. The van der Waals surface area contributed by atoms with E-state index in [-0.39, 0.29) is 26.0 Å². The quantitative estimate of drug-likeness (QED) is 0.400. The van der Waals surface area contributed by atoms with Crippen LogP contribution in [0, 0.1) is 13.8 Å². The molecular weight excluding hydrogens is 372 g/mol. The van der Waals surface area contributed by atoms with Crippen LogP contribution >= 0.6 is 7.68 Å². The topological polar surface area (TPSA) is 75.5 Å². The highest BCUT2D eigenvalue weighted by Crippen LogP contribution is 2.47. The molecule has 7 nitrogen and oxygen atoms in total. The minimum atomic E-state index is -4.02. The SMILES string of the molecule is CCOP(=O)(F)CCOCCOCc1cn(Cc2cc(C)cc(C)c2)nn1. The second-order valence-electron chi connectivity index (χ2n) is 6.30. The molecule has 1 aromatic carbocycles. The number of benzene rings is 1. The van der Waals surface area contributed by atoms with Crippen molar-refractivity contribution in [1.29, 1.82) is 0 Å². The zero-order chi connectivity index (χ0) is 19.7. The van der Waals surface area contributed by atoms with Gasteiger partial charge in [-0.15, -0.1) is 5.10 Å². The Morgan fingerprint density at radius 1 is 1.11 bits per heavy atom. The Hall–Kier alpha value is -1.60. The minimum absolute atomic E-state index is 0.0310. The van der Waals surface area contributed by atoms with Gasteiger partial charge in [-0.25, -0.2) is 4.68 Å². The molecule has 1 atom stereocenters. The molecule has 150 valence electrons. The first-order chi connectivity index (χ1) is 12.9. The molecule has 0 aliphatic rings. The monoisotopic (exact) mass is 399 g/mol. The van der Waals surface area contributed by atoms with Crippen LogP contribution in [0.25, 0.3) is 0 Å². The van der Waals surface area contributed by atoms with Gasteiger partial charge in [0, 0.05) is 0 Å². The van der Waals surface area contributed by atoms with Crippen molar-refractivity contribution in [2.45, 2.75) is 33.9 Å². The summed E-state index contributed by atoms with van der Waals surface area (Å²) in [5.74, 6) is 0. The normalized spacial score (nSPS) is 13.6. The van der Waals surface area contributed by atoms with E-state index >= 15 is 0 Å². The van der Waals surface area contributed by atoms with Crippen LogP contribution < -0.4 is 0 Å². The van der Waals surface area contributed by atoms with E-state index < -0.39 is 7.68 Å². The molecule has 0 amide bonds. The van der Waals surface area contributed by atoms with Crippen LogP contribution in [0.3, 0.4) is 0 Å². The van der Waals surface area contributed by atoms with E-state index in [4.69, 9.17) is 9.47 Å². The Morgan fingerprint density at radius 2 is 1.81 bits per heavy atom. The Labute approximate surface area is 159 Å². The zero-order valence-electron chi connectivity index (χ0n) is 16.1. The molecule has 0 saturated carbocycles. The number of rotatable bonds is 12. The van der Waals surface area contributed by atoms with Crippen molar-refractivity contribution in [3.63, 3.8) is 0 Å². The molecular formula is C18H27FN3O4P. The van der Waals surface area contributed by atoms with Crippen molar-refractivity contribution < 1.29 is 22.8 Å². The molecule has 0 aliphatic heterocycles. The lowest BCUT2D eigenvalue weighted by Gasteiger charge is -2.08. The summed E-state index contributed by atoms with van der Waals surface area (Å²) < 4.78 is 41.5. The third kappa shape index (κ3) is 8.30. The van der Waals surface area contributed by atoms with E-state index in [9.17, 15) is 8.76 Å². The Kier molecular flexibility index (Phi) is 8.57. The van der Waals surface area contributed by atoms with Crippen molar-refractivity contribution in [2.24, 2.45) is 0 Å². The van der Waals surface area contributed by atoms with Gasteiger partial charge in [0.2, 0.25) is 0 Å². The van der Waals surface area contributed by atoms with Gasteiger partial charge in [-0.2, -0.15) is 4.20 Å². The number of aromatic nitrogens is 3. The van der Waals surface area contributed by atoms with Gasteiger partial charge in [-0.3, -0.25) is 4.57 Å². The third-order valence-corrected chi connectivity index (χ3v) is 5.02. The minimum Gasteiger partial charge on any atom is -0.378 e. The molecule has 27 heavy (non-hydrogen) atoms. The summed E-state index contributed by atoms with van der Waals surface area (Å²) >= 11 is 0. The number of aryl methyl sites for hydroxylation is 2. The van der Waals surface area contributed by atoms with Crippen LogP contribution in [-0.4, -0.2) is 47.6 Å². The van der Waals surface area contributed by atoms with Gasteiger partial charge >= 0.3 is 7.68 Å². The Morgan fingerprint density at radius 3 is 2.52 bits per heavy atom. The predicted molar refractivity (Wildman–Crippen MR) is 101 cm³/mol. The zero-order valence-corrected chi connectivity index (χ0v) is 17.0. The number of ether oxygens (including phenoxy) is 2. The molecule has 1 heterocycles. The number of nitrogens with zero attached hydrogens (tertiary/aromatic N) is 3. The van der Waals surface area contributed by atoms with Gasteiger partial charge in [0.1, 0.15) is 5.69 Å². The summed E-state index contributed by atoms with van der Waals surface area (Å²) in [5, 5.41) is 8.20. The summed E-state index contributed by atoms with van der Waals surface area (Å²) in [6, 6.07) is 6.39. The van der Waals surface area contributed by atoms with Crippen LogP contribution in [0.5, 0.6) is 0 Å². The number of halogens is 1. The lowest BCUT2D eigenvalue weighted by Crippen LogP contribution is -2.08. The van der Waals surface area contributed by atoms with Crippen molar-refractivity contribution in [2.75, 3.05) is 32.6 Å².